The van der Waals surface area contributed by atoms with Crippen molar-refractivity contribution in [2.75, 3.05) is 17.4 Å². The highest BCUT2D eigenvalue weighted by molar-refractivity contribution is 5.60. The molecule has 218 valence electrons. The Kier molecular flexibility index (Phi) is 12.2. The number of nitrogens with zero attached hydrogens (tertiary/aromatic N) is 1. The van der Waals surface area contributed by atoms with E-state index in [0.717, 1.165) is 19.4 Å². The maximum atomic E-state index is 9.96. The summed E-state index contributed by atoms with van der Waals surface area (Å²) in [5.74, 6) is 0. The van der Waals surface area contributed by atoms with Gasteiger partial charge in [-0.1, -0.05) is 114 Å². The molecule has 2 nitrogen and oxygen atoms in total. The molecule has 0 aromatic heterocycles. The molecule has 0 aliphatic heterocycles. The monoisotopic (exact) mass is 561 g/mol. The number of anilines is 2. The number of hydrogen-bond acceptors (Lipinski definition) is 2. The summed E-state index contributed by atoms with van der Waals surface area (Å²) in [6.45, 7) is 11.7. The Balaban J connectivity index is 0.000000230. The fourth-order valence-electron chi connectivity index (χ4n) is 5.01. The van der Waals surface area contributed by atoms with Crippen LogP contribution in [0.3, 0.4) is 0 Å². The standard InChI is InChI=1S/C23H25N.C15H17N.CH3F/c1-18-9-8-10-21(16-18)17-24(22-11-6-4-5-7-12-22)23-14-13-19(2)15-20(23)3;1-12-9-10-15(13(2)11-12)16-14-7-5-3-4-6-8-14;1-2/h4-11,13-16H,12,17H2,1-3H3;3-7,9-11,16H,8H2,1-2H3;1H3/i;;1D. The van der Waals surface area contributed by atoms with E-state index in [0.29, 0.717) is 0 Å². The third-order valence-electron chi connectivity index (χ3n) is 7.06. The van der Waals surface area contributed by atoms with Crippen LogP contribution in [0.2, 0.25) is 0 Å². The van der Waals surface area contributed by atoms with Gasteiger partial charge in [0.15, 0.2) is 0 Å². The molecule has 0 unspecified atom stereocenters. The first-order chi connectivity index (χ1) is 20.8. The fraction of sp³-hybridized carbons (Fsp3) is 0.231. The topological polar surface area (TPSA) is 15.3 Å². The second-order valence-corrected chi connectivity index (χ2v) is 10.7. The summed E-state index contributed by atoms with van der Waals surface area (Å²) >= 11 is 0. The van der Waals surface area contributed by atoms with E-state index in [1.54, 1.807) is 0 Å². The number of benzene rings is 3. The van der Waals surface area contributed by atoms with Crippen LogP contribution < -0.4 is 10.2 Å². The van der Waals surface area contributed by atoms with E-state index in [1.807, 2.05) is 0 Å². The van der Waals surface area contributed by atoms with Gasteiger partial charge < -0.3 is 10.2 Å². The van der Waals surface area contributed by atoms with E-state index in [4.69, 9.17) is 1.37 Å². The van der Waals surface area contributed by atoms with E-state index in [2.05, 4.69) is 166 Å². The summed E-state index contributed by atoms with van der Waals surface area (Å²) in [7, 11) is -1.00. The number of aryl methyl sites for hydroxylation is 5. The molecule has 0 amide bonds. The van der Waals surface area contributed by atoms with Crippen molar-refractivity contribution in [3.63, 3.8) is 0 Å². The molecule has 0 heterocycles. The van der Waals surface area contributed by atoms with Gasteiger partial charge in [-0.2, -0.15) is 0 Å². The Labute approximate surface area is 254 Å². The van der Waals surface area contributed by atoms with Gasteiger partial charge in [0.2, 0.25) is 0 Å². The van der Waals surface area contributed by atoms with Crippen LogP contribution in [0, 0.1) is 34.6 Å². The molecule has 3 aromatic carbocycles. The van der Waals surface area contributed by atoms with Crippen molar-refractivity contribution in [1.82, 2.24) is 0 Å². The van der Waals surface area contributed by atoms with Crippen molar-refractivity contribution < 1.29 is 5.76 Å². The lowest BCUT2D eigenvalue weighted by Gasteiger charge is -2.29. The van der Waals surface area contributed by atoms with Crippen LogP contribution in [0.1, 0.15) is 47.6 Å². The molecule has 0 bridgehead atoms. The zero-order chi connectivity index (χ0) is 31.0. The van der Waals surface area contributed by atoms with Gasteiger partial charge in [0.1, 0.15) is 0 Å². The highest BCUT2D eigenvalue weighted by Crippen LogP contribution is 2.29. The Morgan fingerprint density at radius 2 is 1.36 bits per heavy atom. The van der Waals surface area contributed by atoms with E-state index in [9.17, 15) is 4.39 Å². The van der Waals surface area contributed by atoms with Gasteiger partial charge in [-0.15, -0.1) is 0 Å². The predicted molar refractivity (Wildman–Crippen MR) is 182 cm³/mol. The Bertz CT molecular complexity index is 1520. The smallest absolute Gasteiger partial charge is 0.0785 e. The zero-order valence-corrected chi connectivity index (χ0v) is 25.7. The van der Waals surface area contributed by atoms with Crippen molar-refractivity contribution in [3.05, 3.63) is 166 Å². The number of rotatable bonds is 6. The third kappa shape index (κ3) is 9.92. The van der Waals surface area contributed by atoms with Crippen molar-refractivity contribution in [3.8, 4) is 0 Å². The number of alkyl halides is 1. The minimum Gasteiger partial charge on any atom is -0.358 e. The molecule has 5 rings (SSSR count). The molecule has 0 saturated heterocycles. The molecule has 2 aliphatic carbocycles. The van der Waals surface area contributed by atoms with Crippen molar-refractivity contribution in [2.45, 2.75) is 54.0 Å². The predicted octanol–water partition coefficient (Wildman–Crippen LogP) is 10.7. The van der Waals surface area contributed by atoms with Gasteiger partial charge in [0.05, 0.1) is 8.52 Å². The summed E-state index contributed by atoms with van der Waals surface area (Å²) in [5.41, 5.74) is 12.9. The molecular weight excluding hydrogens is 515 g/mol. The van der Waals surface area contributed by atoms with Gasteiger partial charge in [0, 0.05) is 42.2 Å². The van der Waals surface area contributed by atoms with Crippen LogP contribution in [-0.2, 0) is 6.54 Å². The number of nitrogens with one attached hydrogen (secondary N) is 1. The fourth-order valence-corrected chi connectivity index (χ4v) is 5.01. The normalized spacial score (nSPS) is 13.7. The van der Waals surface area contributed by atoms with Crippen molar-refractivity contribution >= 4 is 11.4 Å². The summed E-state index contributed by atoms with van der Waals surface area (Å²) in [5, 5.41) is 3.47. The van der Waals surface area contributed by atoms with Crippen LogP contribution in [0.25, 0.3) is 0 Å². The van der Waals surface area contributed by atoms with E-state index in [1.165, 1.54) is 56.1 Å². The molecule has 0 atom stereocenters. The second kappa shape index (κ2) is 16.8. The molecule has 0 radical (unpaired) electrons. The van der Waals surface area contributed by atoms with Crippen LogP contribution in [0.4, 0.5) is 15.8 Å². The molecule has 0 spiro atoms. The molecule has 0 fully saturated rings. The first-order valence-electron chi connectivity index (χ1n) is 15.2. The Morgan fingerprint density at radius 1 is 0.714 bits per heavy atom. The number of allylic oxidation sites excluding steroid dienone is 10. The van der Waals surface area contributed by atoms with Gasteiger partial charge in [-0.25, -0.2) is 0 Å². The van der Waals surface area contributed by atoms with Crippen LogP contribution in [0.5, 0.6) is 0 Å². The van der Waals surface area contributed by atoms with E-state index >= 15 is 0 Å². The van der Waals surface area contributed by atoms with Crippen molar-refractivity contribution in [1.29, 1.82) is 0 Å². The lowest BCUT2D eigenvalue weighted by atomic mass is 10.1. The largest absolute Gasteiger partial charge is 0.358 e. The number of hydrogen-bond donors (Lipinski definition) is 1. The third-order valence-corrected chi connectivity index (χ3v) is 7.06. The Hall–Kier alpha value is -4.37. The quantitative estimate of drug-likeness (QED) is 0.322. The molecule has 0 saturated carbocycles. The van der Waals surface area contributed by atoms with Gasteiger partial charge in [0.25, 0.3) is 0 Å². The van der Waals surface area contributed by atoms with Gasteiger partial charge in [-0.05, 0) is 75.6 Å². The van der Waals surface area contributed by atoms with Gasteiger partial charge >= 0.3 is 0 Å². The maximum absolute atomic E-state index is 9.96. The highest BCUT2D eigenvalue weighted by Gasteiger charge is 2.15. The lowest BCUT2D eigenvalue weighted by Crippen LogP contribution is -2.22. The average molecular weight is 562 g/mol. The molecule has 3 aromatic rings. The van der Waals surface area contributed by atoms with Crippen LogP contribution in [0.15, 0.2) is 133 Å². The molecular formula is C39H45FN2. The molecule has 3 heteroatoms. The summed E-state index contributed by atoms with van der Waals surface area (Å²) in [6.07, 6.45) is 23.2. The van der Waals surface area contributed by atoms with E-state index < -0.39 is 7.15 Å². The second-order valence-electron chi connectivity index (χ2n) is 10.7. The van der Waals surface area contributed by atoms with Crippen LogP contribution >= 0.6 is 0 Å². The highest BCUT2D eigenvalue weighted by atomic mass is 19.1. The first kappa shape index (κ1) is 30.6. The first-order valence-corrected chi connectivity index (χ1v) is 14.4. The maximum Gasteiger partial charge on any atom is 0.0785 e. The summed E-state index contributed by atoms with van der Waals surface area (Å²) < 4.78 is 15.5. The number of halogens is 1. The molecule has 42 heavy (non-hydrogen) atoms. The molecule has 1 N–H and O–H groups in total. The van der Waals surface area contributed by atoms with Crippen LogP contribution in [-0.4, -0.2) is 7.15 Å². The minimum atomic E-state index is -1.00. The zero-order valence-electron chi connectivity index (χ0n) is 26.7. The average Bonchev–Trinajstić information content (AvgIpc) is 3.40. The lowest BCUT2D eigenvalue weighted by molar-refractivity contribution is 0.636. The van der Waals surface area contributed by atoms with Crippen molar-refractivity contribution in [2.24, 2.45) is 0 Å². The van der Waals surface area contributed by atoms with Gasteiger partial charge in [-0.3, -0.25) is 4.39 Å². The molecule has 2 aliphatic rings. The summed E-state index contributed by atoms with van der Waals surface area (Å²) in [6, 6.07) is 22.0. The van der Waals surface area contributed by atoms with E-state index in [-0.39, 0.29) is 0 Å². The summed E-state index contributed by atoms with van der Waals surface area (Å²) in [4.78, 5) is 2.45. The minimum absolute atomic E-state index is 0.888. The SMILES string of the molecule is Cc1ccc(NC2=CC=CC=CC2)c(C)c1.Cc1cccc(CN(C2=CC=CC=CC2)c2ccc(C)cc2C)c1.[2H]CF. The Morgan fingerprint density at radius 3 is 2.05 bits per heavy atom.